The third-order valence-electron chi connectivity index (χ3n) is 1.38. The molecule has 0 amide bonds. The van der Waals surface area contributed by atoms with Crippen LogP contribution in [0, 0.1) is 13.7 Å². The van der Waals surface area contributed by atoms with Gasteiger partial charge in [-0.1, -0.05) is 0 Å². The summed E-state index contributed by atoms with van der Waals surface area (Å²) in [6.45, 7) is 2.35. The molecule has 1 rings (SSSR count). The average molecular weight is 293 g/mol. The van der Waals surface area contributed by atoms with Crippen molar-refractivity contribution in [3.05, 3.63) is 31.9 Å². The number of ether oxygens (including phenoxy) is 1. The summed E-state index contributed by atoms with van der Waals surface area (Å²) >= 11 is 2.02. The minimum Gasteiger partial charge on any atom is -0.494 e. The molecular formula is C8H8INO3. The number of nitrogens with zero attached hydrogens (tertiary/aromatic N) is 1. The first kappa shape index (κ1) is 10.2. The Kier molecular flexibility index (Phi) is 3.47. The molecule has 0 aliphatic carbocycles. The number of nitro benzene ring substituents is 1. The summed E-state index contributed by atoms with van der Waals surface area (Å²) in [7, 11) is 0. The van der Waals surface area contributed by atoms with Crippen LogP contribution in [0.2, 0.25) is 0 Å². The molecule has 70 valence electrons. The van der Waals surface area contributed by atoms with Gasteiger partial charge < -0.3 is 4.74 Å². The van der Waals surface area contributed by atoms with Crippen LogP contribution in [0.25, 0.3) is 0 Å². The van der Waals surface area contributed by atoms with E-state index in [0.29, 0.717) is 12.4 Å². The summed E-state index contributed by atoms with van der Waals surface area (Å²) < 4.78 is 5.97. The Morgan fingerprint density at radius 1 is 1.54 bits per heavy atom. The Balaban J connectivity index is 3.03. The maximum atomic E-state index is 10.5. The number of hydrogen-bond donors (Lipinski definition) is 0. The minimum absolute atomic E-state index is 0.0651. The largest absolute Gasteiger partial charge is 0.494 e. The molecule has 5 heteroatoms. The quantitative estimate of drug-likeness (QED) is 0.489. The van der Waals surface area contributed by atoms with Gasteiger partial charge in [0, 0.05) is 9.64 Å². The van der Waals surface area contributed by atoms with Crippen molar-refractivity contribution in [2.75, 3.05) is 6.61 Å². The fraction of sp³-hybridized carbons (Fsp3) is 0.250. The van der Waals surface area contributed by atoms with Crippen LogP contribution in [-0.4, -0.2) is 11.5 Å². The lowest BCUT2D eigenvalue weighted by atomic mass is 10.3. The molecule has 0 saturated heterocycles. The van der Waals surface area contributed by atoms with Crippen molar-refractivity contribution in [1.29, 1.82) is 0 Å². The van der Waals surface area contributed by atoms with Crippen LogP contribution in [0.1, 0.15) is 6.92 Å². The van der Waals surface area contributed by atoms with Crippen LogP contribution in [-0.2, 0) is 0 Å². The molecule has 0 unspecified atom stereocenters. The van der Waals surface area contributed by atoms with Gasteiger partial charge in [0.25, 0.3) is 5.69 Å². The summed E-state index contributed by atoms with van der Waals surface area (Å²) in [6, 6.07) is 4.69. The smallest absolute Gasteiger partial charge is 0.274 e. The molecule has 0 aliphatic heterocycles. The average Bonchev–Trinajstić information content (AvgIpc) is 2.03. The van der Waals surface area contributed by atoms with Gasteiger partial charge in [0.2, 0.25) is 0 Å². The van der Waals surface area contributed by atoms with Crippen LogP contribution in [0.15, 0.2) is 18.2 Å². The Labute approximate surface area is 89.2 Å². The number of rotatable bonds is 3. The standard InChI is InChI=1S/C8H8INO3/c1-2-13-8-4-6(9)3-7(5-8)10(11)12/h3-5H,2H2,1H3. The molecular weight excluding hydrogens is 285 g/mol. The lowest BCUT2D eigenvalue weighted by Crippen LogP contribution is -1.94. The predicted molar refractivity (Wildman–Crippen MR) is 57.0 cm³/mol. The summed E-state index contributed by atoms with van der Waals surface area (Å²) in [5, 5.41) is 10.5. The molecule has 0 aliphatic rings. The van der Waals surface area contributed by atoms with E-state index in [-0.39, 0.29) is 5.69 Å². The summed E-state index contributed by atoms with van der Waals surface area (Å²) in [4.78, 5) is 10.0. The summed E-state index contributed by atoms with van der Waals surface area (Å²) in [5.74, 6) is 0.543. The summed E-state index contributed by atoms with van der Waals surface area (Å²) in [5.41, 5.74) is 0.0651. The van der Waals surface area contributed by atoms with Crippen molar-refractivity contribution in [3.63, 3.8) is 0 Å². The fourth-order valence-electron chi connectivity index (χ4n) is 0.903. The zero-order valence-corrected chi connectivity index (χ0v) is 9.15. The van der Waals surface area contributed by atoms with Crippen molar-refractivity contribution >= 4 is 28.3 Å². The van der Waals surface area contributed by atoms with E-state index in [4.69, 9.17) is 4.74 Å². The monoisotopic (exact) mass is 293 g/mol. The van der Waals surface area contributed by atoms with Gasteiger partial charge in [0.15, 0.2) is 0 Å². The zero-order valence-electron chi connectivity index (χ0n) is 6.99. The Bertz CT molecular complexity index is 327. The first-order valence-corrected chi connectivity index (χ1v) is 4.79. The van der Waals surface area contributed by atoms with Crippen LogP contribution in [0.4, 0.5) is 5.69 Å². The third-order valence-corrected chi connectivity index (χ3v) is 2.00. The third kappa shape index (κ3) is 2.83. The first-order chi connectivity index (χ1) is 6.13. The van der Waals surface area contributed by atoms with Gasteiger partial charge in [-0.3, -0.25) is 10.1 Å². The topological polar surface area (TPSA) is 52.4 Å². The van der Waals surface area contributed by atoms with E-state index < -0.39 is 4.92 Å². The number of halogens is 1. The van der Waals surface area contributed by atoms with E-state index in [0.717, 1.165) is 3.57 Å². The molecule has 13 heavy (non-hydrogen) atoms. The Morgan fingerprint density at radius 2 is 2.23 bits per heavy atom. The second kappa shape index (κ2) is 4.40. The van der Waals surface area contributed by atoms with Gasteiger partial charge in [0.05, 0.1) is 17.6 Å². The van der Waals surface area contributed by atoms with Gasteiger partial charge >= 0.3 is 0 Å². The van der Waals surface area contributed by atoms with E-state index in [2.05, 4.69) is 0 Å². The lowest BCUT2D eigenvalue weighted by molar-refractivity contribution is -0.385. The molecule has 4 nitrogen and oxygen atoms in total. The molecule has 0 N–H and O–H groups in total. The SMILES string of the molecule is CCOc1cc(I)cc([N+](=O)[O-])c1. The van der Waals surface area contributed by atoms with E-state index in [1.54, 1.807) is 6.07 Å². The molecule has 1 aromatic rings. The number of benzene rings is 1. The molecule has 0 heterocycles. The van der Waals surface area contributed by atoms with E-state index in [1.165, 1.54) is 12.1 Å². The molecule has 1 aromatic carbocycles. The molecule has 0 atom stereocenters. The van der Waals surface area contributed by atoms with Gasteiger partial charge in [-0.2, -0.15) is 0 Å². The van der Waals surface area contributed by atoms with Crippen LogP contribution in [0.3, 0.4) is 0 Å². The van der Waals surface area contributed by atoms with Crippen LogP contribution < -0.4 is 4.74 Å². The highest BCUT2D eigenvalue weighted by Crippen LogP contribution is 2.23. The number of non-ortho nitro benzene ring substituents is 1. The van der Waals surface area contributed by atoms with E-state index in [9.17, 15) is 10.1 Å². The number of nitro groups is 1. The van der Waals surface area contributed by atoms with Crippen LogP contribution >= 0.6 is 22.6 Å². The van der Waals surface area contributed by atoms with Crippen molar-refractivity contribution in [3.8, 4) is 5.75 Å². The molecule has 0 bridgehead atoms. The highest BCUT2D eigenvalue weighted by atomic mass is 127. The Hall–Kier alpha value is -0.850. The maximum Gasteiger partial charge on any atom is 0.274 e. The molecule has 0 aromatic heterocycles. The highest BCUT2D eigenvalue weighted by Gasteiger charge is 2.08. The van der Waals surface area contributed by atoms with E-state index >= 15 is 0 Å². The van der Waals surface area contributed by atoms with Gasteiger partial charge in [-0.05, 0) is 35.6 Å². The van der Waals surface area contributed by atoms with Crippen molar-refractivity contribution < 1.29 is 9.66 Å². The first-order valence-electron chi connectivity index (χ1n) is 3.71. The van der Waals surface area contributed by atoms with Crippen LogP contribution in [0.5, 0.6) is 5.75 Å². The second-order valence-electron chi connectivity index (χ2n) is 2.34. The van der Waals surface area contributed by atoms with Crippen molar-refractivity contribution in [1.82, 2.24) is 0 Å². The highest BCUT2D eigenvalue weighted by molar-refractivity contribution is 14.1. The van der Waals surface area contributed by atoms with Crippen molar-refractivity contribution in [2.45, 2.75) is 6.92 Å². The molecule has 0 saturated carbocycles. The second-order valence-corrected chi connectivity index (χ2v) is 3.58. The minimum atomic E-state index is -0.426. The maximum absolute atomic E-state index is 10.5. The van der Waals surface area contributed by atoms with Gasteiger partial charge in [-0.15, -0.1) is 0 Å². The molecule has 0 radical (unpaired) electrons. The molecule has 0 fully saturated rings. The van der Waals surface area contributed by atoms with E-state index in [1.807, 2.05) is 29.5 Å². The van der Waals surface area contributed by atoms with Gasteiger partial charge in [0.1, 0.15) is 5.75 Å². The van der Waals surface area contributed by atoms with Gasteiger partial charge in [-0.25, -0.2) is 0 Å². The Morgan fingerprint density at radius 3 is 2.77 bits per heavy atom. The zero-order chi connectivity index (χ0) is 9.84. The predicted octanol–water partition coefficient (Wildman–Crippen LogP) is 2.60. The lowest BCUT2D eigenvalue weighted by Gasteiger charge is -2.02. The molecule has 0 spiro atoms. The normalized spacial score (nSPS) is 9.69. The number of hydrogen-bond acceptors (Lipinski definition) is 3. The fourth-order valence-corrected chi connectivity index (χ4v) is 1.53. The van der Waals surface area contributed by atoms with Crippen molar-refractivity contribution in [2.24, 2.45) is 0 Å². The summed E-state index contributed by atoms with van der Waals surface area (Å²) in [6.07, 6.45) is 0.